The van der Waals surface area contributed by atoms with Crippen LogP contribution in [-0.2, 0) is 4.79 Å². The van der Waals surface area contributed by atoms with Crippen molar-refractivity contribution in [3.8, 4) is 17.6 Å². The molecule has 6 nitrogen and oxygen atoms in total. The molecule has 0 radical (unpaired) electrons. The highest BCUT2D eigenvalue weighted by Gasteiger charge is 2.58. The zero-order valence-electron chi connectivity index (χ0n) is 16.1. The fourth-order valence-electron chi connectivity index (χ4n) is 4.23. The number of benzene rings is 1. The van der Waals surface area contributed by atoms with E-state index < -0.39 is 11.9 Å². The predicted molar refractivity (Wildman–Crippen MR) is 101 cm³/mol. The van der Waals surface area contributed by atoms with Gasteiger partial charge in [0, 0.05) is 23.3 Å². The maximum Gasteiger partial charge on any atom is 0.246 e. The van der Waals surface area contributed by atoms with Gasteiger partial charge in [-0.05, 0) is 32.5 Å². The molecule has 0 spiro atoms. The Morgan fingerprint density at radius 2 is 2.04 bits per heavy atom. The van der Waals surface area contributed by atoms with Crippen LogP contribution < -0.4 is 0 Å². The Morgan fingerprint density at radius 3 is 2.70 bits per heavy atom. The number of phenolic OH excluding ortho intramolecular Hbond substituents is 1. The zero-order chi connectivity index (χ0) is 19.9. The molecule has 1 aromatic rings. The second-order valence-corrected chi connectivity index (χ2v) is 7.83. The SMILES string of the molecule is C[C@@H]1C#C[C@H](C)C(C2(C)C(=O)N(CC(=O)c3cccc(O)c3)C(O)N2C)C1. The van der Waals surface area contributed by atoms with Crippen molar-refractivity contribution in [3.05, 3.63) is 29.8 Å². The Bertz CT molecular complexity index is 827. The summed E-state index contributed by atoms with van der Waals surface area (Å²) in [5.74, 6) is 5.94. The Labute approximate surface area is 159 Å². The summed E-state index contributed by atoms with van der Waals surface area (Å²) in [6.45, 7) is 5.63. The van der Waals surface area contributed by atoms with Crippen LogP contribution >= 0.6 is 0 Å². The van der Waals surface area contributed by atoms with Crippen molar-refractivity contribution in [2.24, 2.45) is 17.8 Å². The van der Waals surface area contributed by atoms with Gasteiger partial charge in [0.2, 0.25) is 5.91 Å². The Kier molecular flexibility index (Phi) is 5.02. The van der Waals surface area contributed by atoms with Crippen molar-refractivity contribution < 1.29 is 19.8 Å². The molecule has 5 atom stereocenters. The molecule has 2 N–H and O–H groups in total. The number of aliphatic hydroxyl groups excluding tert-OH is 1. The molecule has 1 fully saturated rings. The lowest BCUT2D eigenvalue weighted by atomic mass is 9.70. The van der Waals surface area contributed by atoms with Crippen molar-refractivity contribution >= 4 is 11.7 Å². The predicted octanol–water partition coefficient (Wildman–Crippen LogP) is 1.68. The van der Waals surface area contributed by atoms with Crippen LogP contribution in [0.25, 0.3) is 0 Å². The van der Waals surface area contributed by atoms with E-state index in [-0.39, 0.29) is 41.7 Å². The molecule has 1 aliphatic carbocycles. The highest BCUT2D eigenvalue weighted by molar-refractivity contribution is 6.01. The first-order valence-corrected chi connectivity index (χ1v) is 9.21. The summed E-state index contributed by atoms with van der Waals surface area (Å²) in [7, 11) is 1.71. The molecule has 1 heterocycles. The number of ketones is 1. The highest BCUT2D eigenvalue weighted by atomic mass is 16.3. The van der Waals surface area contributed by atoms with Gasteiger partial charge in [-0.1, -0.05) is 37.8 Å². The van der Waals surface area contributed by atoms with Crippen molar-refractivity contribution in [1.82, 2.24) is 9.80 Å². The summed E-state index contributed by atoms with van der Waals surface area (Å²) in [4.78, 5) is 28.8. The number of rotatable bonds is 4. The van der Waals surface area contributed by atoms with Crippen molar-refractivity contribution in [1.29, 1.82) is 0 Å². The molecule has 1 aromatic carbocycles. The van der Waals surface area contributed by atoms with E-state index in [4.69, 9.17) is 0 Å². The number of nitrogens with zero attached hydrogens (tertiary/aromatic N) is 2. The van der Waals surface area contributed by atoms with Gasteiger partial charge in [0.15, 0.2) is 12.1 Å². The van der Waals surface area contributed by atoms with E-state index in [1.807, 2.05) is 20.8 Å². The molecular weight excluding hydrogens is 344 g/mol. The smallest absolute Gasteiger partial charge is 0.246 e. The van der Waals surface area contributed by atoms with Gasteiger partial charge in [-0.3, -0.25) is 14.5 Å². The minimum Gasteiger partial charge on any atom is -0.508 e. The summed E-state index contributed by atoms with van der Waals surface area (Å²) in [6, 6.07) is 5.99. The first kappa shape index (κ1) is 19.4. The average Bonchev–Trinajstić information content (AvgIpc) is 2.79. The van der Waals surface area contributed by atoms with Gasteiger partial charge in [0.25, 0.3) is 0 Å². The molecule has 0 bridgehead atoms. The number of aliphatic hydroxyl groups is 1. The summed E-state index contributed by atoms with van der Waals surface area (Å²) in [5.41, 5.74) is -0.627. The second kappa shape index (κ2) is 6.99. The van der Waals surface area contributed by atoms with Crippen LogP contribution in [0.1, 0.15) is 37.6 Å². The summed E-state index contributed by atoms with van der Waals surface area (Å²) in [6.07, 6.45) is -0.414. The molecule has 27 heavy (non-hydrogen) atoms. The van der Waals surface area contributed by atoms with Crippen LogP contribution in [0.15, 0.2) is 24.3 Å². The molecule has 3 rings (SSSR count). The van der Waals surface area contributed by atoms with E-state index in [0.717, 1.165) is 6.42 Å². The van der Waals surface area contributed by atoms with E-state index in [2.05, 4.69) is 11.8 Å². The number of aromatic hydroxyl groups is 1. The van der Waals surface area contributed by atoms with Gasteiger partial charge in [-0.25, -0.2) is 4.90 Å². The molecular formula is C21H26N2O4. The van der Waals surface area contributed by atoms with Crippen LogP contribution in [-0.4, -0.2) is 57.2 Å². The molecule has 144 valence electrons. The van der Waals surface area contributed by atoms with Crippen LogP contribution in [0.2, 0.25) is 0 Å². The second-order valence-electron chi connectivity index (χ2n) is 7.83. The Balaban J connectivity index is 1.86. The van der Waals surface area contributed by atoms with E-state index in [1.165, 1.54) is 17.0 Å². The Hall–Kier alpha value is -2.36. The lowest BCUT2D eigenvalue weighted by molar-refractivity contribution is -0.137. The fraction of sp³-hybridized carbons (Fsp3) is 0.524. The molecule has 1 saturated heterocycles. The van der Waals surface area contributed by atoms with Crippen molar-refractivity contribution in [2.45, 2.75) is 39.1 Å². The number of likely N-dealkylation sites (N-methyl/N-ethyl adjacent to an activating group) is 1. The minimum atomic E-state index is -1.18. The maximum absolute atomic E-state index is 13.3. The summed E-state index contributed by atoms with van der Waals surface area (Å²) >= 11 is 0. The largest absolute Gasteiger partial charge is 0.508 e. The van der Waals surface area contributed by atoms with E-state index in [9.17, 15) is 19.8 Å². The summed E-state index contributed by atoms with van der Waals surface area (Å²) < 4.78 is 0. The normalized spacial score (nSPS) is 33.7. The summed E-state index contributed by atoms with van der Waals surface area (Å²) in [5, 5.41) is 20.3. The minimum absolute atomic E-state index is 0.0142. The number of Topliss-reactive ketones (excluding diaryl/α,β-unsaturated/α-hetero) is 1. The van der Waals surface area contributed by atoms with Gasteiger partial charge in [-0.15, -0.1) is 0 Å². The highest BCUT2D eigenvalue weighted by Crippen LogP contribution is 2.42. The lowest BCUT2D eigenvalue weighted by Crippen LogP contribution is -2.54. The van der Waals surface area contributed by atoms with Crippen molar-refractivity contribution in [2.75, 3.05) is 13.6 Å². The molecule has 3 unspecified atom stereocenters. The number of carbonyl (C=O) groups excluding carboxylic acids is 2. The lowest BCUT2D eigenvalue weighted by Gasteiger charge is -2.41. The van der Waals surface area contributed by atoms with Crippen molar-refractivity contribution in [3.63, 3.8) is 0 Å². The zero-order valence-corrected chi connectivity index (χ0v) is 16.1. The molecule has 6 heteroatoms. The molecule has 0 aromatic heterocycles. The monoisotopic (exact) mass is 370 g/mol. The molecule has 2 aliphatic rings. The van der Waals surface area contributed by atoms with E-state index in [0.29, 0.717) is 5.56 Å². The quantitative estimate of drug-likeness (QED) is 0.623. The van der Waals surface area contributed by atoms with Gasteiger partial charge in [-0.2, -0.15) is 0 Å². The number of carbonyl (C=O) groups is 2. The van der Waals surface area contributed by atoms with Crippen LogP contribution in [0.3, 0.4) is 0 Å². The fourth-order valence-corrected chi connectivity index (χ4v) is 4.23. The first-order chi connectivity index (χ1) is 12.7. The standard InChI is InChI=1S/C21H26N2O4/c1-13-8-9-14(2)17(10-13)21(3)19(26)23(20(27)22(21)4)12-18(25)15-6-5-7-16(24)11-15/h5-7,11,13-14,17,20,24,27H,10,12H2,1-4H3/t13-,14+,17?,20?,21?/m1/s1. The third-order valence-electron chi connectivity index (χ3n) is 6.02. The Morgan fingerprint density at radius 1 is 1.33 bits per heavy atom. The number of amides is 1. The third-order valence-corrected chi connectivity index (χ3v) is 6.02. The van der Waals surface area contributed by atoms with E-state index >= 15 is 0 Å². The molecule has 1 aliphatic heterocycles. The third kappa shape index (κ3) is 3.22. The van der Waals surface area contributed by atoms with Gasteiger partial charge < -0.3 is 10.2 Å². The average molecular weight is 370 g/mol. The van der Waals surface area contributed by atoms with Crippen LogP contribution in [0.4, 0.5) is 0 Å². The van der Waals surface area contributed by atoms with E-state index in [1.54, 1.807) is 24.1 Å². The first-order valence-electron chi connectivity index (χ1n) is 9.21. The van der Waals surface area contributed by atoms with Crippen LogP contribution in [0.5, 0.6) is 5.75 Å². The number of phenols is 1. The van der Waals surface area contributed by atoms with Gasteiger partial charge in [0.05, 0.1) is 6.54 Å². The number of hydrogen-bond acceptors (Lipinski definition) is 5. The number of hydrogen-bond donors (Lipinski definition) is 2. The topological polar surface area (TPSA) is 81.1 Å². The van der Waals surface area contributed by atoms with Crippen LogP contribution in [0, 0.1) is 29.6 Å². The molecule has 1 amide bonds. The molecule has 0 saturated carbocycles. The maximum atomic E-state index is 13.3. The van der Waals surface area contributed by atoms with Gasteiger partial charge >= 0.3 is 0 Å². The van der Waals surface area contributed by atoms with Gasteiger partial charge in [0.1, 0.15) is 11.3 Å².